The van der Waals surface area contributed by atoms with Gasteiger partial charge in [0.15, 0.2) is 6.10 Å². The van der Waals surface area contributed by atoms with E-state index >= 15 is 0 Å². The molecule has 0 rings (SSSR count). The normalized spacial score (nSPS) is 12.8. The predicted octanol–water partition coefficient (Wildman–Crippen LogP) is 20.8. The average molecular weight is 1040 g/mol. The minimum absolute atomic E-state index is 0.124. The number of carbonyl (C=O) groups is 3. The zero-order valence-corrected chi connectivity index (χ0v) is 48.3. The molecular formula is C69H110O6. The largest absolute Gasteiger partial charge is 0.462 e. The fourth-order valence-electron chi connectivity index (χ4n) is 7.68. The molecule has 0 heterocycles. The monoisotopic (exact) mass is 1030 g/mol. The molecule has 0 atom stereocenters. The summed E-state index contributed by atoms with van der Waals surface area (Å²) in [5.74, 6) is -1.02. The van der Waals surface area contributed by atoms with Crippen molar-refractivity contribution in [3.63, 3.8) is 0 Å². The van der Waals surface area contributed by atoms with Crippen LogP contribution in [0, 0.1) is 0 Å². The molecule has 0 saturated heterocycles. The molecule has 0 spiro atoms. The molecular weight excluding hydrogens is 925 g/mol. The van der Waals surface area contributed by atoms with Crippen molar-refractivity contribution in [2.75, 3.05) is 13.2 Å². The summed E-state index contributed by atoms with van der Waals surface area (Å²) >= 11 is 0. The smallest absolute Gasteiger partial charge is 0.306 e. The molecule has 0 aromatic carbocycles. The molecule has 75 heavy (non-hydrogen) atoms. The van der Waals surface area contributed by atoms with Crippen molar-refractivity contribution in [1.29, 1.82) is 0 Å². The zero-order valence-electron chi connectivity index (χ0n) is 48.3. The number of ether oxygens (including phenoxy) is 3. The van der Waals surface area contributed by atoms with Gasteiger partial charge in [-0.2, -0.15) is 0 Å². The lowest BCUT2D eigenvalue weighted by molar-refractivity contribution is -0.167. The summed E-state index contributed by atoms with van der Waals surface area (Å²) in [5, 5.41) is 0. The maximum absolute atomic E-state index is 12.9. The van der Waals surface area contributed by atoms with Crippen LogP contribution in [0.1, 0.15) is 252 Å². The first-order valence-corrected chi connectivity index (χ1v) is 30.3. The highest BCUT2D eigenvalue weighted by Crippen LogP contribution is 2.12. The molecule has 422 valence electrons. The molecule has 0 fully saturated rings. The first-order chi connectivity index (χ1) is 37.0. The van der Waals surface area contributed by atoms with Gasteiger partial charge in [-0.15, -0.1) is 0 Å². The lowest BCUT2D eigenvalue weighted by Crippen LogP contribution is -2.30. The van der Waals surface area contributed by atoms with E-state index in [-0.39, 0.29) is 37.5 Å². The van der Waals surface area contributed by atoms with Crippen LogP contribution >= 0.6 is 0 Å². The van der Waals surface area contributed by atoms with E-state index in [2.05, 4.69) is 167 Å². The average Bonchev–Trinajstić information content (AvgIpc) is 3.41. The predicted molar refractivity (Wildman–Crippen MR) is 325 cm³/mol. The molecule has 0 aromatic heterocycles. The van der Waals surface area contributed by atoms with Crippen LogP contribution in [0.4, 0.5) is 0 Å². The fourth-order valence-corrected chi connectivity index (χ4v) is 7.68. The first-order valence-electron chi connectivity index (χ1n) is 30.3. The quantitative estimate of drug-likeness (QED) is 0.0261. The van der Waals surface area contributed by atoms with E-state index in [0.717, 1.165) is 128 Å². The van der Waals surface area contributed by atoms with Gasteiger partial charge in [-0.3, -0.25) is 14.4 Å². The van der Waals surface area contributed by atoms with E-state index in [4.69, 9.17) is 14.2 Å². The third kappa shape index (κ3) is 60.0. The van der Waals surface area contributed by atoms with Gasteiger partial charge in [-0.1, -0.05) is 224 Å². The van der Waals surface area contributed by atoms with Crippen molar-refractivity contribution in [1.82, 2.24) is 0 Å². The van der Waals surface area contributed by atoms with Crippen molar-refractivity contribution < 1.29 is 28.6 Å². The number of hydrogen-bond donors (Lipinski definition) is 0. The van der Waals surface area contributed by atoms with Crippen molar-refractivity contribution in [2.45, 2.75) is 258 Å². The van der Waals surface area contributed by atoms with Crippen LogP contribution in [-0.2, 0) is 28.6 Å². The van der Waals surface area contributed by atoms with Crippen LogP contribution in [0.2, 0.25) is 0 Å². The molecule has 0 N–H and O–H groups in total. The van der Waals surface area contributed by atoms with E-state index in [1.807, 2.05) is 0 Å². The second kappa shape index (κ2) is 61.8. The molecule has 0 radical (unpaired) electrons. The Balaban J connectivity index is 4.60. The molecule has 6 nitrogen and oxygen atoms in total. The van der Waals surface area contributed by atoms with Crippen LogP contribution in [0.25, 0.3) is 0 Å². The van der Waals surface area contributed by atoms with E-state index in [1.54, 1.807) is 0 Å². The Hall–Kier alpha value is -4.71. The van der Waals surface area contributed by atoms with Crippen molar-refractivity contribution >= 4 is 17.9 Å². The van der Waals surface area contributed by atoms with Gasteiger partial charge in [0.25, 0.3) is 0 Å². The van der Waals surface area contributed by atoms with Gasteiger partial charge < -0.3 is 14.2 Å². The van der Waals surface area contributed by atoms with Crippen LogP contribution in [-0.4, -0.2) is 37.2 Å². The molecule has 0 aliphatic rings. The molecule has 0 aliphatic carbocycles. The molecule has 0 amide bonds. The Labute approximate surface area is 461 Å². The molecule has 0 bridgehead atoms. The summed E-state index contributed by atoms with van der Waals surface area (Å²) in [5.41, 5.74) is 0. The number of carbonyl (C=O) groups excluding carboxylic acids is 3. The second-order valence-electron chi connectivity index (χ2n) is 19.5. The number of rotatable bonds is 53. The maximum atomic E-state index is 12.9. The van der Waals surface area contributed by atoms with Crippen LogP contribution < -0.4 is 0 Å². The third-order valence-electron chi connectivity index (χ3n) is 12.3. The Morgan fingerprint density at radius 1 is 0.267 bits per heavy atom. The lowest BCUT2D eigenvalue weighted by atomic mass is 10.1. The summed E-state index contributed by atoms with van der Waals surface area (Å²) in [6.45, 7) is 6.47. The summed E-state index contributed by atoms with van der Waals surface area (Å²) in [6, 6.07) is 0. The minimum Gasteiger partial charge on any atom is -0.462 e. The number of allylic oxidation sites excluding steroid dienone is 24. The van der Waals surface area contributed by atoms with Gasteiger partial charge in [0.2, 0.25) is 0 Å². The first kappa shape index (κ1) is 70.3. The minimum atomic E-state index is -0.830. The molecule has 0 unspecified atom stereocenters. The fraction of sp³-hybridized carbons (Fsp3) is 0.609. The van der Waals surface area contributed by atoms with Crippen molar-refractivity contribution in [2.24, 2.45) is 0 Å². The molecule has 6 heteroatoms. The maximum Gasteiger partial charge on any atom is 0.306 e. The van der Waals surface area contributed by atoms with Crippen molar-refractivity contribution in [3.05, 3.63) is 146 Å². The molecule has 0 aliphatic heterocycles. The van der Waals surface area contributed by atoms with Crippen molar-refractivity contribution in [3.8, 4) is 0 Å². The van der Waals surface area contributed by atoms with Gasteiger partial charge in [-0.05, 0) is 154 Å². The number of unbranched alkanes of at least 4 members (excludes halogenated alkanes) is 18. The highest BCUT2D eigenvalue weighted by Gasteiger charge is 2.19. The highest BCUT2D eigenvalue weighted by molar-refractivity contribution is 5.71. The molecule has 0 aromatic rings. The summed E-state index contributed by atoms with van der Waals surface area (Å²) in [7, 11) is 0. The van der Waals surface area contributed by atoms with Gasteiger partial charge in [0.1, 0.15) is 13.2 Å². The summed E-state index contributed by atoms with van der Waals surface area (Å²) in [6.07, 6.45) is 88.3. The lowest BCUT2D eigenvalue weighted by Gasteiger charge is -2.18. The van der Waals surface area contributed by atoms with Crippen LogP contribution in [0.3, 0.4) is 0 Å². The second-order valence-corrected chi connectivity index (χ2v) is 19.5. The summed E-state index contributed by atoms with van der Waals surface area (Å²) in [4.78, 5) is 38.3. The third-order valence-corrected chi connectivity index (χ3v) is 12.3. The number of esters is 3. The zero-order chi connectivity index (χ0) is 54.3. The standard InChI is InChI=1S/C69H110O6/c1-4-7-10-13-16-19-22-25-28-31-34-37-40-43-46-49-52-55-58-61-67(70)73-64-66(75-69(72)63-60-57-54-51-48-45-42-39-36-33-30-27-24-21-18-15-12-9-6-3)65-74-68(71)62-59-56-53-50-47-44-41-38-35-32-29-26-23-20-17-14-11-8-5-2/h16-21,25-30,34-39,43-48,66H,4-15,22-24,31-33,40-42,49-65H2,1-3H3/b19-16+,20-17+,21-18+,28-25+,29-26+,30-27+,37-34+,38-35+,39-36+,46-43+,47-44+,48-45+. The number of hydrogen-bond acceptors (Lipinski definition) is 6. The van der Waals surface area contributed by atoms with Gasteiger partial charge in [-0.25, -0.2) is 0 Å². The van der Waals surface area contributed by atoms with Crippen LogP contribution in [0.5, 0.6) is 0 Å². The Morgan fingerprint density at radius 2 is 0.480 bits per heavy atom. The topological polar surface area (TPSA) is 78.9 Å². The molecule has 0 saturated carbocycles. The van der Waals surface area contributed by atoms with E-state index in [9.17, 15) is 14.4 Å². The van der Waals surface area contributed by atoms with E-state index < -0.39 is 6.10 Å². The Kier molecular flexibility index (Phi) is 58.0. The Morgan fingerprint density at radius 3 is 0.720 bits per heavy atom. The summed E-state index contributed by atoms with van der Waals surface area (Å²) < 4.78 is 16.8. The van der Waals surface area contributed by atoms with E-state index in [1.165, 1.54) is 77.0 Å². The highest BCUT2D eigenvalue weighted by atomic mass is 16.6. The SMILES string of the molecule is CCCCC/C=C/C/C=C/C/C=C/C/C=C/CCCCCC(=O)OCC(COC(=O)CCCCC/C=C/C/C=C/C/C=C/C/C=C/CCCCC)OC(=O)CCCCC/C=C/C/C=C/C/C=C/C/C=C/CCCCC. The Bertz CT molecular complexity index is 1580. The van der Waals surface area contributed by atoms with Gasteiger partial charge in [0, 0.05) is 19.3 Å². The van der Waals surface area contributed by atoms with Gasteiger partial charge in [0.05, 0.1) is 0 Å². The van der Waals surface area contributed by atoms with E-state index in [0.29, 0.717) is 19.3 Å². The van der Waals surface area contributed by atoms with Crippen LogP contribution in [0.15, 0.2) is 146 Å². The van der Waals surface area contributed by atoms with Gasteiger partial charge >= 0.3 is 17.9 Å².